The Hall–Kier alpha value is -3.97. The quantitative estimate of drug-likeness (QED) is 0.228. The zero-order valence-electron chi connectivity index (χ0n) is 20.6. The van der Waals surface area contributed by atoms with Crippen molar-refractivity contribution in [3.8, 4) is 17.2 Å². The van der Waals surface area contributed by atoms with E-state index in [1.54, 1.807) is 26.0 Å². The van der Waals surface area contributed by atoms with Gasteiger partial charge in [-0.3, -0.25) is 19.5 Å². The lowest BCUT2D eigenvalue weighted by Crippen LogP contribution is -2.40. The average molecular weight is 603 g/mol. The van der Waals surface area contributed by atoms with Gasteiger partial charge >= 0.3 is 5.97 Å². The minimum absolute atomic E-state index is 0.0189. The summed E-state index contributed by atoms with van der Waals surface area (Å²) in [6.07, 6.45) is 1.29. The Balaban J connectivity index is 2.02. The van der Waals surface area contributed by atoms with Crippen LogP contribution in [0.25, 0.3) is 6.08 Å². The summed E-state index contributed by atoms with van der Waals surface area (Å²) < 4.78 is 18.1. The molecule has 198 valence electrons. The summed E-state index contributed by atoms with van der Waals surface area (Å²) in [7, 11) is 2.95. The highest BCUT2D eigenvalue weighted by atomic mass is 79.9. The van der Waals surface area contributed by atoms with Gasteiger partial charge in [-0.25, -0.2) is 9.79 Å². The van der Waals surface area contributed by atoms with E-state index in [1.165, 1.54) is 37.0 Å². The van der Waals surface area contributed by atoms with E-state index in [-0.39, 0.29) is 27.1 Å². The molecule has 0 spiro atoms. The van der Waals surface area contributed by atoms with E-state index >= 15 is 0 Å². The second-order valence-corrected chi connectivity index (χ2v) is 9.85. The Bertz CT molecular complexity index is 1670. The molecular formula is C25H21BrN3O8S-. The van der Waals surface area contributed by atoms with E-state index < -0.39 is 33.9 Å². The number of ether oxygens (including phenoxy) is 3. The summed E-state index contributed by atoms with van der Waals surface area (Å²) in [5.41, 5.74) is -0.150. The number of nitrogens with zero attached hydrogens (tertiary/aromatic N) is 3. The van der Waals surface area contributed by atoms with Gasteiger partial charge in [-0.15, -0.1) is 0 Å². The number of nitro benzene ring substituents is 1. The van der Waals surface area contributed by atoms with Crippen molar-refractivity contribution in [2.45, 2.75) is 19.9 Å². The Labute approximate surface area is 228 Å². The van der Waals surface area contributed by atoms with Crippen LogP contribution in [-0.2, 0) is 9.53 Å². The molecule has 4 rings (SSSR count). The van der Waals surface area contributed by atoms with Gasteiger partial charge in [0.15, 0.2) is 16.3 Å². The lowest BCUT2D eigenvalue weighted by molar-refractivity contribution is -0.398. The molecule has 0 N–H and O–H groups in total. The highest BCUT2D eigenvalue weighted by molar-refractivity contribution is 9.10. The van der Waals surface area contributed by atoms with Crippen LogP contribution in [0.1, 0.15) is 31.0 Å². The Morgan fingerprint density at radius 2 is 1.95 bits per heavy atom. The molecule has 1 aliphatic heterocycles. The number of fused-ring (bicyclic) bond motifs is 1. The first-order valence-electron chi connectivity index (χ1n) is 11.2. The molecule has 0 aliphatic carbocycles. The number of carbonyl (C=O) groups excluding carboxylic acids is 1. The third-order valence-electron chi connectivity index (χ3n) is 5.82. The van der Waals surface area contributed by atoms with Crippen LogP contribution in [0, 0.1) is 10.1 Å². The number of thiazole rings is 1. The first kappa shape index (κ1) is 27.1. The number of allylic oxidation sites excluding steroid dienone is 1. The van der Waals surface area contributed by atoms with Crippen molar-refractivity contribution >= 4 is 45.0 Å². The van der Waals surface area contributed by atoms with Gasteiger partial charge in [-0.1, -0.05) is 39.4 Å². The normalized spacial score (nSPS) is 15.1. The SMILES string of the molecule is CCOC(=O)C1=C(C)N=c2s/c(=C/c3cccc([N+](=O)[O-])c3[O-])c(=O)n2[C@@H]1c1cc(OC)c(OC)cc1Br. The summed E-state index contributed by atoms with van der Waals surface area (Å²) in [4.78, 5) is 42.1. The number of esters is 1. The van der Waals surface area contributed by atoms with Crippen LogP contribution in [0.5, 0.6) is 17.2 Å². The maximum atomic E-state index is 13.8. The predicted molar refractivity (Wildman–Crippen MR) is 140 cm³/mol. The van der Waals surface area contributed by atoms with Crippen LogP contribution in [0.2, 0.25) is 0 Å². The van der Waals surface area contributed by atoms with Crippen molar-refractivity contribution in [1.29, 1.82) is 0 Å². The van der Waals surface area contributed by atoms with E-state index in [2.05, 4.69) is 20.9 Å². The number of para-hydroxylation sites is 1. The van der Waals surface area contributed by atoms with Crippen LogP contribution >= 0.6 is 27.3 Å². The van der Waals surface area contributed by atoms with Crippen molar-refractivity contribution < 1.29 is 29.0 Å². The van der Waals surface area contributed by atoms with Crippen LogP contribution in [-0.4, -0.2) is 36.3 Å². The first-order chi connectivity index (χ1) is 18.1. The molecule has 0 radical (unpaired) electrons. The molecule has 0 fully saturated rings. The molecule has 3 aromatic rings. The summed E-state index contributed by atoms with van der Waals surface area (Å²) in [6, 6.07) is 6.22. The second-order valence-electron chi connectivity index (χ2n) is 7.98. The number of methoxy groups -OCH3 is 2. The molecule has 0 saturated heterocycles. The summed E-state index contributed by atoms with van der Waals surface area (Å²) >= 11 is 4.52. The molecule has 0 bridgehead atoms. The Morgan fingerprint density at radius 1 is 1.26 bits per heavy atom. The zero-order chi connectivity index (χ0) is 27.7. The molecule has 0 unspecified atom stereocenters. The van der Waals surface area contributed by atoms with Crippen molar-refractivity contribution in [3.63, 3.8) is 0 Å². The fraction of sp³-hybridized carbons (Fsp3) is 0.240. The molecule has 38 heavy (non-hydrogen) atoms. The van der Waals surface area contributed by atoms with E-state index in [1.807, 2.05) is 0 Å². The largest absolute Gasteiger partial charge is 0.867 e. The van der Waals surface area contributed by atoms with Gasteiger partial charge in [0.2, 0.25) is 0 Å². The van der Waals surface area contributed by atoms with Gasteiger partial charge < -0.3 is 19.3 Å². The highest BCUT2D eigenvalue weighted by Gasteiger charge is 2.35. The number of halogens is 1. The van der Waals surface area contributed by atoms with Crippen LogP contribution < -0.4 is 29.5 Å². The van der Waals surface area contributed by atoms with Crippen molar-refractivity contribution in [1.82, 2.24) is 4.57 Å². The molecule has 1 aliphatic rings. The monoisotopic (exact) mass is 602 g/mol. The standard InChI is InChI=1S/C25H22BrN3O8S/c1-5-37-24(32)20-12(2)27-25-28(21(20)14-10-17(35-3)18(36-4)11-15(14)26)23(31)19(38-25)9-13-7-6-8-16(22(13)30)29(33)34/h6-11,21,30H,5H2,1-4H3/p-1/b19-9+/t21-/m1/s1. The van der Waals surface area contributed by atoms with E-state index in [4.69, 9.17) is 14.2 Å². The van der Waals surface area contributed by atoms with Crippen LogP contribution in [0.4, 0.5) is 5.69 Å². The number of hydrogen-bond donors (Lipinski definition) is 0. The molecule has 2 aromatic carbocycles. The fourth-order valence-corrected chi connectivity index (χ4v) is 5.68. The van der Waals surface area contributed by atoms with Gasteiger partial charge in [0, 0.05) is 10.5 Å². The van der Waals surface area contributed by atoms with Crippen LogP contribution in [0.3, 0.4) is 0 Å². The zero-order valence-corrected chi connectivity index (χ0v) is 23.0. The lowest BCUT2D eigenvalue weighted by Gasteiger charge is -2.26. The molecule has 0 saturated carbocycles. The van der Waals surface area contributed by atoms with Gasteiger partial charge in [-0.2, -0.15) is 0 Å². The fourth-order valence-electron chi connectivity index (χ4n) is 4.11. The molecule has 13 heteroatoms. The summed E-state index contributed by atoms with van der Waals surface area (Å²) in [6.45, 7) is 3.42. The molecule has 1 aromatic heterocycles. The summed E-state index contributed by atoms with van der Waals surface area (Å²) in [5, 5.41) is 23.8. The minimum atomic E-state index is -0.960. The predicted octanol–water partition coefficient (Wildman–Crippen LogP) is 2.56. The van der Waals surface area contributed by atoms with Crippen molar-refractivity contribution in [2.75, 3.05) is 20.8 Å². The average Bonchev–Trinajstić information content (AvgIpc) is 3.18. The number of nitro groups is 1. The highest BCUT2D eigenvalue weighted by Crippen LogP contribution is 2.40. The Morgan fingerprint density at radius 3 is 2.58 bits per heavy atom. The van der Waals surface area contributed by atoms with Gasteiger partial charge in [0.1, 0.15) is 0 Å². The number of rotatable bonds is 7. The van der Waals surface area contributed by atoms with E-state index in [9.17, 15) is 24.8 Å². The minimum Gasteiger partial charge on any atom is -0.867 e. The van der Waals surface area contributed by atoms with Gasteiger partial charge in [0.25, 0.3) is 11.2 Å². The second kappa shape index (κ2) is 10.8. The topological polar surface area (TPSA) is 145 Å². The molecule has 1 atom stereocenters. The lowest BCUT2D eigenvalue weighted by atomic mass is 9.95. The third-order valence-corrected chi connectivity index (χ3v) is 7.49. The van der Waals surface area contributed by atoms with Crippen molar-refractivity contribution in [3.05, 3.63) is 87.0 Å². The number of carbonyl (C=O) groups is 1. The first-order valence-corrected chi connectivity index (χ1v) is 12.8. The van der Waals surface area contributed by atoms with Gasteiger partial charge in [-0.05, 0) is 48.9 Å². The molecular weight excluding hydrogens is 582 g/mol. The molecule has 0 amide bonds. The smallest absolute Gasteiger partial charge is 0.338 e. The number of hydrogen-bond acceptors (Lipinski definition) is 10. The number of aromatic nitrogens is 1. The van der Waals surface area contributed by atoms with E-state index in [0.29, 0.717) is 27.2 Å². The van der Waals surface area contributed by atoms with E-state index in [0.717, 1.165) is 17.4 Å². The van der Waals surface area contributed by atoms with Crippen molar-refractivity contribution in [2.24, 2.45) is 4.99 Å². The summed E-state index contributed by atoms with van der Waals surface area (Å²) in [5.74, 6) is -0.651. The maximum absolute atomic E-state index is 13.8. The van der Waals surface area contributed by atoms with Crippen LogP contribution in [0.15, 0.2) is 55.9 Å². The maximum Gasteiger partial charge on any atom is 0.338 e. The molecule has 11 nitrogen and oxygen atoms in total. The molecule has 2 heterocycles. The van der Waals surface area contributed by atoms with Gasteiger partial charge in [0.05, 0.1) is 47.6 Å². The third kappa shape index (κ3) is 4.70. The number of benzene rings is 2. The Kier molecular flexibility index (Phi) is 7.69.